The number of carboxylic acid groups (broad SMARTS) is 1. The van der Waals surface area contributed by atoms with Gasteiger partial charge in [-0.1, -0.05) is 76.0 Å². The van der Waals surface area contributed by atoms with Gasteiger partial charge in [-0.25, -0.2) is 71.0 Å². The maximum Gasteiger partial charge on any atom is 0.338 e. The average molecular weight is 1150 g/mol. The smallest absolute Gasteiger partial charge is 0.338 e. The third-order valence-corrected chi connectivity index (χ3v) is 11.4. The van der Waals surface area contributed by atoms with E-state index in [0.29, 0.717) is 73.9 Å². The lowest BCUT2D eigenvalue weighted by Gasteiger charge is -2.03. The van der Waals surface area contributed by atoms with E-state index in [1.165, 1.54) is 49.3 Å². The first-order valence-electron chi connectivity index (χ1n) is 22.8. The number of carbonyl (C=O) groups is 1. The summed E-state index contributed by atoms with van der Waals surface area (Å²) in [5.74, 6) is -5.12. The second-order valence-corrected chi connectivity index (χ2v) is 17.3. The van der Waals surface area contributed by atoms with Crippen LogP contribution in [0, 0.1) is 34.9 Å². The highest BCUT2D eigenvalue weighted by atomic mass is 35.5. The minimum Gasteiger partial charge on any atom is -0.478 e. The van der Waals surface area contributed by atoms with Gasteiger partial charge in [-0.15, -0.1) is 11.6 Å². The van der Waals surface area contributed by atoms with Crippen LogP contribution in [0.1, 0.15) is 21.9 Å². The molecule has 0 fully saturated rings. The normalized spacial score (nSPS) is 10.6. The molecule has 5 aromatic carbocycles. The zero-order chi connectivity index (χ0) is 56.9. The molecule has 0 radical (unpaired) electrons. The zero-order valence-corrected chi connectivity index (χ0v) is 42.8. The quantitative estimate of drug-likeness (QED) is 0.0814. The Labute approximate surface area is 462 Å². The Morgan fingerprint density at radius 2 is 1.19 bits per heavy atom. The molecule has 5 aromatic heterocycles. The van der Waals surface area contributed by atoms with E-state index in [1.54, 1.807) is 29.2 Å². The Kier molecular flexibility index (Phi) is 18.4. The molecule has 0 bridgehead atoms. The number of halogens is 9. The maximum absolute atomic E-state index is 14.0. The van der Waals surface area contributed by atoms with Gasteiger partial charge in [0.2, 0.25) is 0 Å². The van der Waals surface area contributed by atoms with Gasteiger partial charge in [-0.05, 0) is 60.7 Å². The Morgan fingerprint density at radius 1 is 0.625 bits per heavy atom. The summed E-state index contributed by atoms with van der Waals surface area (Å²) in [6.45, 7) is 0.361. The first-order chi connectivity index (χ1) is 38.5. The highest BCUT2D eigenvalue weighted by Crippen LogP contribution is 2.28. The van der Waals surface area contributed by atoms with Crippen molar-refractivity contribution in [2.24, 2.45) is 0 Å². The third kappa shape index (κ3) is 14.2. The fraction of sp³-hybridized carbons (Fsp3) is 0.0377. The van der Waals surface area contributed by atoms with Crippen LogP contribution in [0.2, 0.25) is 10.0 Å². The van der Waals surface area contributed by atoms with E-state index in [1.807, 2.05) is 48.5 Å². The molecule has 6 N–H and O–H groups in total. The number of H-pyrrole nitrogens is 1. The summed E-state index contributed by atoms with van der Waals surface area (Å²) in [6, 6.07) is 29.1. The molecule has 27 heteroatoms. The lowest BCUT2D eigenvalue weighted by Crippen LogP contribution is -2.02. The molecule has 18 nitrogen and oxygen atoms in total. The lowest BCUT2D eigenvalue weighted by atomic mass is 10.1. The number of aromatic amines is 1. The number of fused-ring (bicyclic) bond motifs is 2. The molecule has 12 rings (SSSR count). The second-order valence-electron chi connectivity index (χ2n) is 16.1. The topological polar surface area (TPSA) is 265 Å². The first-order valence-corrected chi connectivity index (χ1v) is 24.1. The van der Waals surface area contributed by atoms with Crippen LogP contribution in [0.5, 0.6) is 0 Å². The monoisotopic (exact) mass is 1150 g/mol. The molecular formula is C53H35Cl3F6N14O4. The van der Waals surface area contributed by atoms with Gasteiger partial charge in [0.25, 0.3) is 0 Å². The lowest BCUT2D eigenvalue weighted by molar-refractivity contribution is 0.0690. The van der Waals surface area contributed by atoms with Gasteiger partial charge >= 0.3 is 5.97 Å². The molecule has 0 amide bonds. The number of imidazole rings is 2. The standard InChI is InChI=1S/C21H12ClF2N5O.C11H6F2N4.C10H7Cl2NO.C7H4F2O2.C4H6N4/c22-13-6-4-12(5-7-13)17-8-14(30-28-17)9-29-10-18-21(25-11-29)27-20(26-18)15-2-1-3-16(23)19(15)24;12-7-3-1-2-6(9(7)13)10-16-8-4-14-5-15-11(8)17-10;11-6-9-5-10(13-14-9)7-1-3-8(12)4-2-7;8-5-3-1-2-4(6(5)9)7(10)11;5-3-1-7-2-8-4(3)6/h1-8,10-11H,9H2;1-5H,(H,14,15,16,17);1-5H,6H2;1-3H,(H,10,11);1-2H,5H2,(H2,6,7,8). The molecule has 80 heavy (non-hydrogen) atoms. The van der Waals surface area contributed by atoms with Crippen LogP contribution >= 0.6 is 34.8 Å². The van der Waals surface area contributed by atoms with Gasteiger partial charge in [-0.2, -0.15) is 0 Å². The van der Waals surface area contributed by atoms with E-state index in [0.717, 1.165) is 47.2 Å². The average Bonchev–Trinajstić information content (AvgIpc) is 4.32. The number of hydrogen-bond donors (Lipinski definition) is 4. The molecule has 0 unspecified atom stereocenters. The minimum atomic E-state index is -1.47. The molecule has 0 aliphatic carbocycles. The van der Waals surface area contributed by atoms with E-state index in [9.17, 15) is 31.1 Å². The number of nitrogen functional groups attached to an aromatic ring is 2. The number of aromatic carboxylic acids is 1. The maximum atomic E-state index is 14.0. The summed E-state index contributed by atoms with van der Waals surface area (Å²) in [7, 11) is 0. The zero-order valence-electron chi connectivity index (χ0n) is 40.5. The Hall–Kier alpha value is -9.78. The Morgan fingerprint density at radius 3 is 1.75 bits per heavy atom. The number of benzene rings is 5. The number of hydrogen-bond acceptors (Lipinski definition) is 15. The fourth-order valence-corrected chi connectivity index (χ4v) is 7.16. The Balaban J connectivity index is 0.000000143. The van der Waals surface area contributed by atoms with Crippen LogP contribution in [0.4, 0.5) is 37.8 Å². The van der Waals surface area contributed by atoms with Gasteiger partial charge in [0, 0.05) is 39.5 Å². The van der Waals surface area contributed by atoms with E-state index in [-0.39, 0.29) is 22.8 Å². The molecule has 0 atom stereocenters. The van der Waals surface area contributed by atoms with Gasteiger partial charge in [0.1, 0.15) is 46.9 Å². The van der Waals surface area contributed by atoms with E-state index >= 15 is 0 Å². The first kappa shape index (κ1) is 56.4. The fourth-order valence-electron chi connectivity index (χ4n) is 6.78. The summed E-state index contributed by atoms with van der Waals surface area (Å²) in [5.41, 5.74) is 15.1. The van der Waals surface area contributed by atoms with Gasteiger partial charge < -0.3 is 35.2 Å². The number of nitrogens with two attached hydrogens (primary N) is 2. The van der Waals surface area contributed by atoms with Crippen LogP contribution in [-0.2, 0) is 12.4 Å². The van der Waals surface area contributed by atoms with Crippen molar-refractivity contribution in [3.8, 4) is 56.8 Å². The van der Waals surface area contributed by atoms with E-state index in [4.69, 9.17) is 60.4 Å². The van der Waals surface area contributed by atoms with Gasteiger partial charge in [-0.3, -0.25) is 0 Å². The molecular weight excluding hydrogens is 1120 g/mol. The van der Waals surface area contributed by atoms with Crippen LogP contribution in [0.25, 0.3) is 68.0 Å². The highest BCUT2D eigenvalue weighted by molar-refractivity contribution is 6.31. The Bertz CT molecular complexity index is 3960. The van der Waals surface area contributed by atoms with Gasteiger partial charge in [0.05, 0.1) is 53.5 Å². The van der Waals surface area contributed by atoms with Crippen molar-refractivity contribution in [2.45, 2.75) is 12.4 Å². The molecule has 0 saturated carbocycles. The van der Waals surface area contributed by atoms with E-state index in [2.05, 4.69) is 55.2 Å². The van der Waals surface area contributed by atoms with Crippen molar-refractivity contribution in [3.05, 3.63) is 215 Å². The van der Waals surface area contributed by atoms with Crippen LogP contribution in [-0.4, -0.2) is 70.8 Å². The van der Waals surface area contributed by atoms with Crippen molar-refractivity contribution < 1.29 is 45.3 Å². The second kappa shape index (κ2) is 26.0. The van der Waals surface area contributed by atoms with Crippen molar-refractivity contribution in [2.75, 3.05) is 11.5 Å². The highest BCUT2D eigenvalue weighted by Gasteiger charge is 2.20. The number of alkyl halides is 1. The molecule has 404 valence electrons. The summed E-state index contributed by atoms with van der Waals surface area (Å²) in [4.78, 5) is 44.8. The number of nitrogens with one attached hydrogen (secondary N) is 1. The summed E-state index contributed by atoms with van der Waals surface area (Å²) < 4.78 is 91.1. The van der Waals surface area contributed by atoms with Crippen LogP contribution < -0.4 is 11.5 Å². The summed E-state index contributed by atoms with van der Waals surface area (Å²) in [6.07, 6.45) is 8.95. The van der Waals surface area contributed by atoms with Crippen molar-refractivity contribution >= 4 is 63.4 Å². The number of anilines is 2. The third-order valence-electron chi connectivity index (χ3n) is 10.7. The van der Waals surface area contributed by atoms with E-state index < -0.39 is 46.4 Å². The molecule has 2 aliphatic rings. The molecule has 7 heterocycles. The summed E-state index contributed by atoms with van der Waals surface area (Å²) in [5, 5.41) is 17.6. The van der Waals surface area contributed by atoms with Gasteiger partial charge in [0.15, 0.2) is 63.7 Å². The van der Waals surface area contributed by atoms with Crippen molar-refractivity contribution in [1.82, 2.24) is 59.7 Å². The molecule has 0 spiro atoms. The number of carboxylic acids is 1. The largest absolute Gasteiger partial charge is 0.478 e. The summed E-state index contributed by atoms with van der Waals surface area (Å²) >= 11 is 17.3. The SMILES string of the molecule is ClCc1cc(-c2ccc(Cl)cc2)no1.Fc1cccc(-c2nc3cn(Cc4cc(-c5ccc(Cl)cc5)no4)cnc-3n2)c1F.Fc1cccc(-c2nc3ncncc3[nH]2)c1F.Nc1cncnc1N.O=C(O)c1cccc(F)c1F. The minimum absolute atomic E-state index is 0.0117. The molecule has 0 saturated heterocycles. The molecule has 10 aromatic rings. The van der Waals surface area contributed by atoms with Crippen molar-refractivity contribution in [3.63, 3.8) is 0 Å². The van der Waals surface area contributed by atoms with Crippen molar-refractivity contribution in [1.29, 1.82) is 0 Å². The predicted octanol–water partition coefficient (Wildman–Crippen LogP) is 12.4. The number of nitrogens with zero attached hydrogens (tertiary/aromatic N) is 11. The predicted molar refractivity (Wildman–Crippen MR) is 284 cm³/mol. The van der Waals surface area contributed by atoms with Crippen LogP contribution in [0.3, 0.4) is 0 Å². The molecule has 2 aliphatic heterocycles. The van der Waals surface area contributed by atoms with Crippen LogP contribution in [0.15, 0.2) is 162 Å². The number of rotatable bonds is 8. The number of aromatic nitrogens is 12.